The lowest BCUT2D eigenvalue weighted by molar-refractivity contribution is -0.141. The summed E-state index contributed by atoms with van der Waals surface area (Å²) in [5.74, 6) is 0.523. The number of piperidine rings is 3. The van der Waals surface area contributed by atoms with Crippen LogP contribution in [-0.4, -0.2) is 35.6 Å². The number of hydrogen-bond acceptors (Lipinski definition) is 3. The van der Waals surface area contributed by atoms with Crippen molar-refractivity contribution in [1.29, 1.82) is 0 Å². The number of alkyl halides is 3. The smallest absolute Gasteiger partial charge is 0.433 e. The van der Waals surface area contributed by atoms with Crippen LogP contribution < -0.4 is 4.74 Å². The minimum Gasteiger partial charge on any atom is -0.473 e. The first-order valence-corrected chi connectivity index (χ1v) is 6.45. The molecule has 0 radical (unpaired) electrons. The highest BCUT2D eigenvalue weighted by atomic mass is 19.4. The Bertz CT molecular complexity index is 455. The Morgan fingerprint density at radius 2 is 1.95 bits per heavy atom. The summed E-state index contributed by atoms with van der Waals surface area (Å²) in [5, 5.41) is 0. The Labute approximate surface area is 109 Å². The summed E-state index contributed by atoms with van der Waals surface area (Å²) in [7, 11) is 0. The Hall–Kier alpha value is -1.30. The number of nitrogens with zero attached hydrogens (tertiary/aromatic N) is 2. The van der Waals surface area contributed by atoms with Gasteiger partial charge in [0.05, 0.1) is 0 Å². The molecule has 1 aromatic heterocycles. The van der Waals surface area contributed by atoms with E-state index >= 15 is 0 Å². The van der Waals surface area contributed by atoms with Crippen LogP contribution in [0.2, 0.25) is 0 Å². The molecule has 1 unspecified atom stereocenters. The molecule has 104 valence electrons. The zero-order chi connectivity index (χ0) is 13.5. The van der Waals surface area contributed by atoms with E-state index < -0.39 is 11.9 Å². The molecule has 3 nitrogen and oxygen atoms in total. The van der Waals surface area contributed by atoms with E-state index in [2.05, 4.69) is 9.88 Å². The standard InChI is InChI=1S/C13H15F3N2O/c14-13(15,16)11-2-1-3-12(17-11)19-10-8-18-6-4-9(10)5-7-18/h1-3,9-10H,4-8H2. The van der Waals surface area contributed by atoms with Crippen molar-refractivity contribution in [3.05, 3.63) is 23.9 Å². The van der Waals surface area contributed by atoms with E-state index in [1.54, 1.807) is 0 Å². The van der Waals surface area contributed by atoms with Gasteiger partial charge in [0.15, 0.2) is 0 Å². The van der Waals surface area contributed by atoms with E-state index in [0.29, 0.717) is 5.92 Å². The maximum Gasteiger partial charge on any atom is 0.433 e. The molecule has 4 rings (SSSR count). The fourth-order valence-electron chi connectivity index (χ4n) is 2.84. The number of halogens is 3. The van der Waals surface area contributed by atoms with Crippen LogP contribution in [0.15, 0.2) is 18.2 Å². The minimum absolute atomic E-state index is 0.0292. The van der Waals surface area contributed by atoms with E-state index in [1.807, 2.05) is 0 Å². The molecule has 3 aliphatic rings. The molecule has 3 saturated heterocycles. The summed E-state index contributed by atoms with van der Waals surface area (Å²) in [6.07, 6.45) is -2.33. The molecule has 19 heavy (non-hydrogen) atoms. The van der Waals surface area contributed by atoms with Gasteiger partial charge in [0, 0.05) is 12.6 Å². The Balaban J connectivity index is 1.73. The molecule has 3 fully saturated rings. The molecule has 6 heteroatoms. The second-order valence-electron chi connectivity index (χ2n) is 5.15. The monoisotopic (exact) mass is 272 g/mol. The van der Waals surface area contributed by atoms with Crippen LogP contribution in [0.25, 0.3) is 0 Å². The fourth-order valence-corrected chi connectivity index (χ4v) is 2.84. The van der Waals surface area contributed by atoms with Gasteiger partial charge in [-0.2, -0.15) is 13.2 Å². The van der Waals surface area contributed by atoms with Crippen molar-refractivity contribution >= 4 is 0 Å². The number of ether oxygens (including phenoxy) is 1. The van der Waals surface area contributed by atoms with Crippen LogP contribution in [0.5, 0.6) is 5.88 Å². The third-order valence-corrected chi connectivity index (χ3v) is 3.88. The molecule has 0 saturated carbocycles. The Morgan fingerprint density at radius 1 is 1.21 bits per heavy atom. The highest BCUT2D eigenvalue weighted by molar-refractivity contribution is 5.18. The highest BCUT2D eigenvalue weighted by Crippen LogP contribution is 2.32. The lowest BCUT2D eigenvalue weighted by atomic mass is 9.86. The molecule has 0 amide bonds. The summed E-state index contributed by atoms with van der Waals surface area (Å²) >= 11 is 0. The van der Waals surface area contributed by atoms with Crippen molar-refractivity contribution < 1.29 is 17.9 Å². The maximum absolute atomic E-state index is 12.6. The molecule has 2 bridgehead atoms. The number of rotatable bonds is 2. The van der Waals surface area contributed by atoms with Crippen molar-refractivity contribution in [2.24, 2.45) is 5.92 Å². The van der Waals surface area contributed by atoms with Crippen molar-refractivity contribution in [2.75, 3.05) is 19.6 Å². The van der Waals surface area contributed by atoms with E-state index in [1.165, 1.54) is 12.1 Å². The SMILES string of the molecule is FC(F)(F)c1cccc(OC2CN3CCC2CC3)n1. The van der Waals surface area contributed by atoms with E-state index in [0.717, 1.165) is 38.5 Å². The molecule has 3 aliphatic heterocycles. The number of hydrogen-bond donors (Lipinski definition) is 0. The van der Waals surface area contributed by atoms with Crippen molar-refractivity contribution in [3.8, 4) is 5.88 Å². The summed E-state index contributed by atoms with van der Waals surface area (Å²) < 4.78 is 43.4. The number of fused-ring (bicyclic) bond motifs is 3. The number of aromatic nitrogens is 1. The Morgan fingerprint density at radius 3 is 2.53 bits per heavy atom. The predicted molar refractivity (Wildman–Crippen MR) is 62.8 cm³/mol. The van der Waals surface area contributed by atoms with E-state index in [9.17, 15) is 13.2 Å². The van der Waals surface area contributed by atoms with Crippen molar-refractivity contribution in [3.63, 3.8) is 0 Å². The average molecular weight is 272 g/mol. The van der Waals surface area contributed by atoms with Gasteiger partial charge in [0.2, 0.25) is 5.88 Å². The molecule has 1 aromatic rings. The van der Waals surface area contributed by atoms with Gasteiger partial charge in [0.1, 0.15) is 11.8 Å². The van der Waals surface area contributed by atoms with Gasteiger partial charge in [-0.1, -0.05) is 6.07 Å². The predicted octanol–water partition coefficient (Wildman–Crippen LogP) is 2.57. The molecule has 0 aliphatic carbocycles. The quantitative estimate of drug-likeness (QED) is 0.827. The number of pyridine rings is 1. The topological polar surface area (TPSA) is 25.4 Å². The van der Waals surface area contributed by atoms with Gasteiger partial charge in [-0.05, 0) is 37.9 Å². The van der Waals surface area contributed by atoms with Gasteiger partial charge in [-0.25, -0.2) is 4.98 Å². The summed E-state index contributed by atoms with van der Waals surface area (Å²) in [6.45, 7) is 2.93. The second-order valence-corrected chi connectivity index (χ2v) is 5.15. The van der Waals surface area contributed by atoms with Crippen LogP contribution >= 0.6 is 0 Å². The third-order valence-electron chi connectivity index (χ3n) is 3.88. The molecule has 0 aromatic carbocycles. The average Bonchev–Trinajstić information content (AvgIpc) is 2.39. The second kappa shape index (κ2) is 4.67. The van der Waals surface area contributed by atoms with Crippen LogP contribution in [0.3, 0.4) is 0 Å². The van der Waals surface area contributed by atoms with Crippen LogP contribution in [0.4, 0.5) is 13.2 Å². The molecule has 1 atom stereocenters. The third kappa shape index (κ3) is 2.68. The highest BCUT2D eigenvalue weighted by Gasteiger charge is 2.36. The zero-order valence-electron chi connectivity index (χ0n) is 10.4. The zero-order valence-corrected chi connectivity index (χ0v) is 10.4. The van der Waals surface area contributed by atoms with Crippen LogP contribution in [0, 0.1) is 5.92 Å². The lowest BCUT2D eigenvalue weighted by Gasteiger charge is -2.44. The summed E-state index contributed by atoms with van der Waals surface area (Å²) in [6, 6.07) is 3.79. The normalized spacial score (nSPS) is 30.4. The van der Waals surface area contributed by atoms with E-state index in [-0.39, 0.29) is 12.0 Å². The first-order valence-electron chi connectivity index (χ1n) is 6.45. The largest absolute Gasteiger partial charge is 0.473 e. The molecule has 0 spiro atoms. The van der Waals surface area contributed by atoms with Gasteiger partial charge >= 0.3 is 6.18 Å². The van der Waals surface area contributed by atoms with Crippen LogP contribution in [-0.2, 0) is 6.18 Å². The van der Waals surface area contributed by atoms with Gasteiger partial charge < -0.3 is 4.74 Å². The molecule has 0 N–H and O–H groups in total. The van der Waals surface area contributed by atoms with Gasteiger partial charge in [-0.15, -0.1) is 0 Å². The molecular formula is C13H15F3N2O. The maximum atomic E-state index is 12.6. The Kier molecular flexibility index (Phi) is 3.12. The first-order chi connectivity index (χ1) is 9.02. The molecule has 4 heterocycles. The lowest BCUT2D eigenvalue weighted by Crippen LogP contribution is -2.52. The summed E-state index contributed by atoms with van der Waals surface area (Å²) in [5.41, 5.74) is -0.897. The summed E-state index contributed by atoms with van der Waals surface area (Å²) in [4.78, 5) is 5.85. The minimum atomic E-state index is -4.42. The first kappa shape index (κ1) is 12.7. The van der Waals surface area contributed by atoms with Crippen LogP contribution in [0.1, 0.15) is 18.5 Å². The fraction of sp³-hybridized carbons (Fsp3) is 0.615. The van der Waals surface area contributed by atoms with Gasteiger partial charge in [0.25, 0.3) is 0 Å². The van der Waals surface area contributed by atoms with Gasteiger partial charge in [-0.3, -0.25) is 4.90 Å². The molecular weight excluding hydrogens is 257 g/mol. The van der Waals surface area contributed by atoms with Crippen molar-refractivity contribution in [1.82, 2.24) is 9.88 Å². The van der Waals surface area contributed by atoms with E-state index in [4.69, 9.17) is 4.74 Å². The van der Waals surface area contributed by atoms with Crippen molar-refractivity contribution in [2.45, 2.75) is 25.1 Å².